The molecule has 2 rings (SSSR count). The summed E-state index contributed by atoms with van der Waals surface area (Å²) < 4.78 is 27.0. The van der Waals surface area contributed by atoms with Crippen molar-refractivity contribution in [3.05, 3.63) is 57.3 Å². The number of non-ortho nitro benzene ring substituents is 1. The molecule has 0 bridgehead atoms. The van der Waals surface area contributed by atoms with Crippen molar-refractivity contribution in [3.63, 3.8) is 0 Å². The van der Waals surface area contributed by atoms with Crippen molar-refractivity contribution in [2.75, 3.05) is 4.72 Å². The van der Waals surface area contributed by atoms with E-state index in [9.17, 15) is 18.5 Å². The first-order valence-corrected chi connectivity index (χ1v) is 7.54. The van der Waals surface area contributed by atoms with Crippen LogP contribution < -0.4 is 4.72 Å². The standard InChI is InChI=1S/C11H8BrN3O4S/c12-8-4-11(7-13-6-8)20(18,19)14-9-2-1-3-10(5-9)15(16)17/h1-7,14H. The highest BCUT2D eigenvalue weighted by molar-refractivity contribution is 9.10. The van der Waals surface area contributed by atoms with Gasteiger partial charge in [0.15, 0.2) is 0 Å². The summed E-state index contributed by atoms with van der Waals surface area (Å²) in [5.41, 5.74) is -0.0863. The summed E-state index contributed by atoms with van der Waals surface area (Å²) in [5.74, 6) is 0. The molecular formula is C11H8BrN3O4S. The van der Waals surface area contributed by atoms with Crippen LogP contribution in [-0.2, 0) is 10.0 Å². The van der Waals surface area contributed by atoms with Gasteiger partial charge >= 0.3 is 0 Å². The third-order valence-corrected chi connectivity index (χ3v) is 4.08. The molecule has 0 aliphatic carbocycles. The van der Waals surface area contributed by atoms with E-state index in [2.05, 4.69) is 25.6 Å². The molecule has 1 heterocycles. The van der Waals surface area contributed by atoms with E-state index in [-0.39, 0.29) is 16.3 Å². The number of pyridine rings is 1. The lowest BCUT2D eigenvalue weighted by Gasteiger charge is -2.07. The van der Waals surface area contributed by atoms with Gasteiger partial charge in [-0.05, 0) is 28.1 Å². The number of nitrogens with zero attached hydrogens (tertiary/aromatic N) is 2. The number of hydrogen-bond donors (Lipinski definition) is 1. The summed E-state index contributed by atoms with van der Waals surface area (Å²) in [7, 11) is -3.84. The van der Waals surface area contributed by atoms with Crippen LogP contribution in [0, 0.1) is 10.1 Å². The molecule has 0 fully saturated rings. The summed E-state index contributed by atoms with van der Waals surface area (Å²) in [6.45, 7) is 0. The summed E-state index contributed by atoms with van der Waals surface area (Å²) in [5, 5.41) is 10.6. The molecule has 2 aromatic rings. The molecular weight excluding hydrogens is 350 g/mol. The molecule has 0 amide bonds. The average Bonchev–Trinajstić information content (AvgIpc) is 2.38. The first-order valence-electron chi connectivity index (χ1n) is 5.26. The molecule has 0 aliphatic rings. The second-order valence-corrected chi connectivity index (χ2v) is 6.35. The number of anilines is 1. The van der Waals surface area contributed by atoms with E-state index < -0.39 is 14.9 Å². The number of sulfonamides is 1. The fraction of sp³-hybridized carbons (Fsp3) is 0. The van der Waals surface area contributed by atoms with Crippen LogP contribution in [-0.4, -0.2) is 18.3 Å². The molecule has 20 heavy (non-hydrogen) atoms. The lowest BCUT2D eigenvalue weighted by molar-refractivity contribution is -0.384. The minimum Gasteiger partial charge on any atom is -0.279 e. The highest BCUT2D eigenvalue weighted by Crippen LogP contribution is 2.21. The Morgan fingerprint density at radius 2 is 2.00 bits per heavy atom. The Kier molecular flexibility index (Phi) is 4.00. The maximum Gasteiger partial charge on any atom is 0.271 e. The van der Waals surface area contributed by atoms with Gasteiger partial charge in [0.25, 0.3) is 15.7 Å². The molecule has 0 spiro atoms. The molecule has 7 nitrogen and oxygen atoms in total. The lowest BCUT2D eigenvalue weighted by Crippen LogP contribution is -2.13. The molecule has 0 aliphatic heterocycles. The van der Waals surface area contributed by atoms with Gasteiger partial charge in [-0.15, -0.1) is 0 Å². The zero-order valence-corrected chi connectivity index (χ0v) is 12.3. The summed E-state index contributed by atoms with van der Waals surface area (Å²) >= 11 is 3.13. The third kappa shape index (κ3) is 3.31. The van der Waals surface area contributed by atoms with Gasteiger partial charge in [-0.2, -0.15) is 0 Å². The molecule has 0 radical (unpaired) electrons. The van der Waals surface area contributed by atoms with Crippen LogP contribution in [0.4, 0.5) is 11.4 Å². The van der Waals surface area contributed by atoms with E-state index in [4.69, 9.17) is 0 Å². The van der Waals surface area contributed by atoms with E-state index in [1.807, 2.05) is 0 Å². The highest BCUT2D eigenvalue weighted by Gasteiger charge is 2.16. The Bertz CT molecular complexity index is 764. The number of nitrogens with one attached hydrogen (secondary N) is 1. The van der Waals surface area contributed by atoms with Crippen molar-refractivity contribution in [2.45, 2.75) is 4.90 Å². The third-order valence-electron chi connectivity index (χ3n) is 2.30. The van der Waals surface area contributed by atoms with Gasteiger partial charge in [0.2, 0.25) is 0 Å². The maximum absolute atomic E-state index is 12.1. The van der Waals surface area contributed by atoms with E-state index >= 15 is 0 Å². The van der Waals surface area contributed by atoms with Gasteiger partial charge in [-0.25, -0.2) is 8.42 Å². The SMILES string of the molecule is O=[N+]([O-])c1cccc(NS(=O)(=O)c2cncc(Br)c2)c1. The summed E-state index contributed by atoms with van der Waals surface area (Å²) in [4.78, 5) is 13.8. The zero-order chi connectivity index (χ0) is 14.8. The first-order chi connectivity index (χ1) is 9.38. The van der Waals surface area contributed by atoms with E-state index in [0.717, 1.165) is 6.07 Å². The normalized spacial score (nSPS) is 11.1. The van der Waals surface area contributed by atoms with Crippen molar-refractivity contribution in [1.29, 1.82) is 0 Å². The summed E-state index contributed by atoms with van der Waals surface area (Å²) in [6, 6.07) is 6.62. The van der Waals surface area contributed by atoms with Crippen LogP contribution in [0.3, 0.4) is 0 Å². The Labute approximate surface area is 123 Å². The minimum absolute atomic E-state index is 0.0432. The van der Waals surface area contributed by atoms with Gasteiger partial charge in [-0.3, -0.25) is 19.8 Å². The summed E-state index contributed by atoms with van der Waals surface area (Å²) in [6.07, 6.45) is 2.64. The molecule has 0 saturated carbocycles. The van der Waals surface area contributed by atoms with Gasteiger partial charge < -0.3 is 0 Å². The van der Waals surface area contributed by atoms with Crippen LogP contribution >= 0.6 is 15.9 Å². The Morgan fingerprint density at radius 1 is 1.25 bits per heavy atom. The van der Waals surface area contributed by atoms with Crippen molar-refractivity contribution in [1.82, 2.24) is 4.98 Å². The van der Waals surface area contributed by atoms with Crippen LogP contribution in [0.1, 0.15) is 0 Å². The van der Waals surface area contributed by atoms with Crippen LogP contribution in [0.15, 0.2) is 52.1 Å². The van der Waals surface area contributed by atoms with Crippen molar-refractivity contribution in [2.24, 2.45) is 0 Å². The first kappa shape index (κ1) is 14.4. The van der Waals surface area contributed by atoms with Crippen LogP contribution in [0.2, 0.25) is 0 Å². The number of hydrogen-bond acceptors (Lipinski definition) is 5. The zero-order valence-electron chi connectivity index (χ0n) is 9.86. The number of nitro groups is 1. The molecule has 0 unspecified atom stereocenters. The lowest BCUT2D eigenvalue weighted by atomic mass is 10.3. The largest absolute Gasteiger partial charge is 0.279 e. The number of rotatable bonds is 4. The predicted molar refractivity (Wildman–Crippen MR) is 75.8 cm³/mol. The number of aromatic nitrogens is 1. The maximum atomic E-state index is 12.1. The monoisotopic (exact) mass is 357 g/mol. The quantitative estimate of drug-likeness (QED) is 0.668. The Hall–Kier alpha value is -2.00. The van der Waals surface area contributed by atoms with Gasteiger partial charge in [0.1, 0.15) is 4.90 Å². The van der Waals surface area contributed by atoms with Crippen molar-refractivity contribution >= 4 is 37.3 Å². The van der Waals surface area contributed by atoms with Crippen molar-refractivity contribution < 1.29 is 13.3 Å². The molecule has 0 saturated heterocycles. The average molecular weight is 358 g/mol. The van der Waals surface area contributed by atoms with E-state index in [0.29, 0.717) is 4.47 Å². The second kappa shape index (κ2) is 5.55. The molecule has 0 atom stereocenters. The Morgan fingerprint density at radius 3 is 2.65 bits per heavy atom. The number of benzene rings is 1. The van der Waals surface area contributed by atoms with E-state index in [1.54, 1.807) is 0 Å². The van der Waals surface area contributed by atoms with Crippen LogP contribution in [0.25, 0.3) is 0 Å². The fourth-order valence-corrected chi connectivity index (χ4v) is 2.99. The van der Waals surface area contributed by atoms with Gasteiger partial charge in [0, 0.05) is 29.0 Å². The molecule has 1 aromatic heterocycles. The highest BCUT2D eigenvalue weighted by atomic mass is 79.9. The number of halogens is 1. The molecule has 104 valence electrons. The smallest absolute Gasteiger partial charge is 0.271 e. The van der Waals surface area contributed by atoms with Gasteiger partial charge in [-0.1, -0.05) is 6.07 Å². The van der Waals surface area contributed by atoms with E-state index in [1.165, 1.54) is 36.7 Å². The second-order valence-electron chi connectivity index (χ2n) is 3.75. The molecule has 9 heteroatoms. The van der Waals surface area contributed by atoms with Gasteiger partial charge in [0.05, 0.1) is 10.6 Å². The molecule has 1 N–H and O–H groups in total. The fourth-order valence-electron chi connectivity index (χ4n) is 1.44. The Balaban J connectivity index is 2.33. The van der Waals surface area contributed by atoms with Crippen molar-refractivity contribution in [3.8, 4) is 0 Å². The van der Waals surface area contributed by atoms with Crippen LogP contribution in [0.5, 0.6) is 0 Å². The minimum atomic E-state index is -3.84. The predicted octanol–water partition coefficient (Wildman–Crippen LogP) is 2.55. The number of nitro benzene ring substituents is 1. The molecule has 1 aromatic carbocycles. The topological polar surface area (TPSA) is 102 Å².